The van der Waals surface area contributed by atoms with E-state index in [0.29, 0.717) is 12.6 Å². The summed E-state index contributed by atoms with van der Waals surface area (Å²) < 4.78 is 5.85. The summed E-state index contributed by atoms with van der Waals surface area (Å²) in [5.41, 5.74) is 9.10. The van der Waals surface area contributed by atoms with Crippen LogP contribution in [0.25, 0.3) is 0 Å². The highest BCUT2D eigenvalue weighted by Gasteiger charge is 2.10. The van der Waals surface area contributed by atoms with Gasteiger partial charge in [0.2, 0.25) is 0 Å². The number of hydrogen-bond acceptors (Lipinski definition) is 3. The third kappa shape index (κ3) is 4.42. The van der Waals surface area contributed by atoms with E-state index in [0.717, 1.165) is 36.3 Å². The molecular weight excluding hydrogens is 248 g/mol. The lowest BCUT2D eigenvalue weighted by atomic mass is 9.98. The van der Waals surface area contributed by atoms with Crippen molar-refractivity contribution in [1.29, 1.82) is 0 Å². The Kier molecular flexibility index (Phi) is 5.24. The van der Waals surface area contributed by atoms with E-state index in [9.17, 15) is 0 Å². The zero-order valence-corrected chi connectivity index (χ0v) is 12.4. The van der Waals surface area contributed by atoms with Gasteiger partial charge in [0.05, 0.1) is 5.76 Å². The second-order valence-electron chi connectivity index (χ2n) is 5.38. The molecule has 1 aromatic rings. The predicted octanol–water partition coefficient (Wildman–Crippen LogP) is 3.39. The van der Waals surface area contributed by atoms with Crippen LogP contribution in [0.15, 0.2) is 47.7 Å². The number of hydrogen-bond donors (Lipinski definition) is 2. The molecule has 3 nitrogen and oxygen atoms in total. The molecule has 0 radical (unpaired) electrons. The second-order valence-corrected chi connectivity index (χ2v) is 5.38. The monoisotopic (exact) mass is 272 g/mol. The molecule has 20 heavy (non-hydrogen) atoms. The van der Waals surface area contributed by atoms with E-state index in [1.165, 1.54) is 5.57 Å². The lowest BCUT2D eigenvalue weighted by Crippen LogP contribution is -2.21. The van der Waals surface area contributed by atoms with Gasteiger partial charge in [-0.15, -0.1) is 0 Å². The summed E-state index contributed by atoms with van der Waals surface area (Å²) in [6.45, 7) is 2.82. The Morgan fingerprint density at radius 3 is 2.55 bits per heavy atom. The van der Waals surface area contributed by atoms with E-state index in [-0.39, 0.29) is 0 Å². The Hall–Kier alpha value is -1.74. The van der Waals surface area contributed by atoms with E-state index in [2.05, 4.69) is 24.4 Å². The van der Waals surface area contributed by atoms with Gasteiger partial charge >= 0.3 is 0 Å². The Labute approximate surface area is 121 Å². The highest BCUT2D eigenvalue weighted by atomic mass is 16.5. The maximum absolute atomic E-state index is 5.85. The Morgan fingerprint density at radius 1 is 1.20 bits per heavy atom. The van der Waals surface area contributed by atoms with Crippen molar-refractivity contribution in [3.05, 3.63) is 53.3 Å². The maximum Gasteiger partial charge on any atom is 0.113 e. The molecule has 2 rings (SSSR count). The first-order valence-corrected chi connectivity index (χ1v) is 7.20. The minimum Gasteiger partial charge on any atom is -0.493 e. The molecule has 0 bridgehead atoms. The van der Waals surface area contributed by atoms with Crippen LogP contribution < -0.4 is 11.1 Å². The van der Waals surface area contributed by atoms with Gasteiger partial charge in [-0.05, 0) is 50.6 Å². The van der Waals surface area contributed by atoms with Crippen molar-refractivity contribution in [3.63, 3.8) is 0 Å². The minimum atomic E-state index is 0.534. The van der Waals surface area contributed by atoms with Crippen LogP contribution >= 0.6 is 0 Å². The summed E-state index contributed by atoms with van der Waals surface area (Å²) in [6.07, 6.45) is 7.52. The van der Waals surface area contributed by atoms with Crippen LogP contribution in [-0.2, 0) is 11.3 Å². The number of rotatable bonds is 6. The van der Waals surface area contributed by atoms with Crippen molar-refractivity contribution in [3.8, 4) is 0 Å². The topological polar surface area (TPSA) is 47.3 Å². The molecule has 1 aliphatic rings. The second kappa shape index (κ2) is 7.15. The SMILES string of the molecule is CNC(C)CC1=CC=C(OCc2ccc(N)cc2)CC1. The van der Waals surface area contributed by atoms with Crippen molar-refractivity contribution in [1.82, 2.24) is 5.32 Å². The third-order valence-corrected chi connectivity index (χ3v) is 3.66. The summed E-state index contributed by atoms with van der Waals surface area (Å²) in [4.78, 5) is 0. The van der Waals surface area contributed by atoms with E-state index in [4.69, 9.17) is 10.5 Å². The molecule has 0 heterocycles. The van der Waals surface area contributed by atoms with Crippen LogP contribution in [0.5, 0.6) is 0 Å². The Balaban J connectivity index is 1.84. The zero-order valence-electron chi connectivity index (χ0n) is 12.4. The fourth-order valence-corrected chi connectivity index (χ4v) is 2.24. The summed E-state index contributed by atoms with van der Waals surface area (Å²) in [5.74, 6) is 1.07. The molecule has 0 aliphatic heterocycles. The Morgan fingerprint density at radius 2 is 1.95 bits per heavy atom. The molecular formula is C17H24N2O. The van der Waals surface area contributed by atoms with Crippen molar-refractivity contribution < 1.29 is 4.74 Å². The van der Waals surface area contributed by atoms with Gasteiger partial charge in [0.1, 0.15) is 6.61 Å². The number of allylic oxidation sites excluding steroid dienone is 3. The van der Waals surface area contributed by atoms with Gasteiger partial charge in [-0.25, -0.2) is 0 Å². The maximum atomic E-state index is 5.85. The van der Waals surface area contributed by atoms with Crippen LogP contribution in [0.1, 0.15) is 31.7 Å². The van der Waals surface area contributed by atoms with Gasteiger partial charge in [-0.1, -0.05) is 23.8 Å². The fourth-order valence-electron chi connectivity index (χ4n) is 2.24. The first-order valence-electron chi connectivity index (χ1n) is 7.20. The van der Waals surface area contributed by atoms with E-state index in [1.54, 1.807) is 0 Å². The van der Waals surface area contributed by atoms with E-state index >= 15 is 0 Å². The number of ether oxygens (including phenoxy) is 1. The molecule has 1 atom stereocenters. The number of anilines is 1. The lowest BCUT2D eigenvalue weighted by molar-refractivity contribution is 0.188. The molecule has 1 aliphatic carbocycles. The van der Waals surface area contributed by atoms with Gasteiger partial charge in [0.15, 0.2) is 0 Å². The van der Waals surface area contributed by atoms with Crippen LogP contribution in [0.2, 0.25) is 0 Å². The van der Waals surface area contributed by atoms with Crippen molar-refractivity contribution >= 4 is 5.69 Å². The summed E-state index contributed by atoms with van der Waals surface area (Å²) >= 11 is 0. The molecule has 0 fully saturated rings. The molecule has 3 N–H and O–H groups in total. The molecule has 0 amide bonds. The standard InChI is InChI=1S/C17H24N2O/c1-13(19-2)11-14-5-9-17(10-6-14)20-12-15-3-7-16(18)8-4-15/h3-5,7-9,13,19H,6,10-12,18H2,1-2H3. The smallest absolute Gasteiger partial charge is 0.113 e. The lowest BCUT2D eigenvalue weighted by Gasteiger charge is -2.18. The van der Waals surface area contributed by atoms with Gasteiger partial charge in [-0.3, -0.25) is 0 Å². The molecule has 0 spiro atoms. The molecule has 3 heteroatoms. The quantitative estimate of drug-likeness (QED) is 0.780. The average Bonchev–Trinajstić information content (AvgIpc) is 2.48. The van der Waals surface area contributed by atoms with Crippen molar-refractivity contribution in [2.75, 3.05) is 12.8 Å². The normalized spacial score (nSPS) is 16.3. The van der Waals surface area contributed by atoms with Gasteiger partial charge in [-0.2, -0.15) is 0 Å². The van der Waals surface area contributed by atoms with Crippen molar-refractivity contribution in [2.45, 2.75) is 38.8 Å². The molecule has 108 valence electrons. The largest absolute Gasteiger partial charge is 0.493 e. The minimum absolute atomic E-state index is 0.534. The van der Waals surface area contributed by atoms with E-state index in [1.807, 2.05) is 31.3 Å². The summed E-state index contributed by atoms with van der Waals surface area (Å²) in [5, 5.41) is 3.27. The molecule has 1 unspecified atom stereocenters. The van der Waals surface area contributed by atoms with E-state index < -0.39 is 0 Å². The highest BCUT2D eigenvalue weighted by molar-refractivity contribution is 5.39. The number of nitrogen functional groups attached to an aromatic ring is 1. The van der Waals surface area contributed by atoms with Crippen LogP contribution in [0, 0.1) is 0 Å². The fraction of sp³-hybridized carbons (Fsp3) is 0.412. The van der Waals surface area contributed by atoms with Gasteiger partial charge in [0, 0.05) is 18.2 Å². The van der Waals surface area contributed by atoms with Crippen molar-refractivity contribution in [2.24, 2.45) is 0 Å². The number of benzene rings is 1. The zero-order chi connectivity index (χ0) is 14.4. The van der Waals surface area contributed by atoms with Crippen LogP contribution in [0.3, 0.4) is 0 Å². The molecule has 0 saturated heterocycles. The molecule has 1 aromatic carbocycles. The first-order chi connectivity index (χ1) is 9.67. The molecule has 0 saturated carbocycles. The Bertz CT molecular complexity index is 488. The summed E-state index contributed by atoms with van der Waals surface area (Å²) in [7, 11) is 2.01. The summed E-state index contributed by atoms with van der Waals surface area (Å²) in [6, 6.07) is 8.37. The predicted molar refractivity (Wildman–Crippen MR) is 84.2 cm³/mol. The molecule has 0 aromatic heterocycles. The number of nitrogens with two attached hydrogens (primary N) is 1. The average molecular weight is 272 g/mol. The number of nitrogens with one attached hydrogen (secondary N) is 1. The van der Waals surface area contributed by atoms with Gasteiger partial charge in [0.25, 0.3) is 0 Å². The van der Waals surface area contributed by atoms with Crippen LogP contribution in [0.4, 0.5) is 5.69 Å². The highest BCUT2D eigenvalue weighted by Crippen LogP contribution is 2.23. The van der Waals surface area contributed by atoms with Gasteiger partial charge < -0.3 is 15.8 Å². The third-order valence-electron chi connectivity index (χ3n) is 3.66. The first kappa shape index (κ1) is 14.7. The van der Waals surface area contributed by atoms with Crippen LogP contribution in [-0.4, -0.2) is 13.1 Å².